The largest absolute Gasteiger partial charge is 0.514 e. The third kappa shape index (κ3) is 5.50. The number of unbranched alkanes of at least 4 members (excludes halogenated alkanes) is 2. The molecule has 0 aromatic carbocycles. The van der Waals surface area contributed by atoms with Crippen LogP contribution in [0.3, 0.4) is 0 Å². The standard InChI is InChI=1S/C10H17N7O3/c1-3-4-5-6-9(18)12-11-8(2)7-16-14-10(13-15-16)17(19)20/h3-7H2,1-2H3,(H,12,18)/b11-8-. The number of nitro groups is 1. The molecule has 1 rings (SSSR count). The molecule has 1 amide bonds. The number of nitrogens with zero attached hydrogens (tertiary/aromatic N) is 6. The van der Waals surface area contributed by atoms with E-state index in [1.54, 1.807) is 6.92 Å². The van der Waals surface area contributed by atoms with E-state index in [9.17, 15) is 14.9 Å². The molecule has 0 aliphatic carbocycles. The molecule has 0 saturated carbocycles. The fraction of sp³-hybridized carbons (Fsp3) is 0.700. The Kier molecular flexibility index (Phi) is 6.20. The summed E-state index contributed by atoms with van der Waals surface area (Å²) in [7, 11) is 0. The van der Waals surface area contributed by atoms with E-state index < -0.39 is 10.9 Å². The van der Waals surface area contributed by atoms with E-state index in [4.69, 9.17) is 0 Å². The Morgan fingerprint density at radius 2 is 2.25 bits per heavy atom. The lowest BCUT2D eigenvalue weighted by Gasteiger charge is -2.00. The van der Waals surface area contributed by atoms with Gasteiger partial charge in [0.15, 0.2) is 0 Å². The topological polar surface area (TPSA) is 128 Å². The molecule has 0 atom stereocenters. The zero-order valence-electron chi connectivity index (χ0n) is 11.4. The van der Waals surface area contributed by atoms with Crippen molar-refractivity contribution in [1.82, 2.24) is 25.6 Å². The summed E-state index contributed by atoms with van der Waals surface area (Å²) in [6, 6.07) is 0. The van der Waals surface area contributed by atoms with E-state index >= 15 is 0 Å². The number of hydrogen-bond donors (Lipinski definition) is 1. The van der Waals surface area contributed by atoms with Crippen LogP contribution < -0.4 is 5.43 Å². The lowest BCUT2D eigenvalue weighted by atomic mass is 10.2. The minimum atomic E-state index is -0.731. The molecule has 1 N–H and O–H groups in total. The number of rotatable bonds is 8. The van der Waals surface area contributed by atoms with Gasteiger partial charge in [0.05, 0.1) is 15.9 Å². The molecule has 1 aromatic heterocycles. The van der Waals surface area contributed by atoms with Crippen LogP contribution in [-0.2, 0) is 11.3 Å². The van der Waals surface area contributed by atoms with Crippen molar-refractivity contribution in [3.8, 4) is 0 Å². The molecule has 0 unspecified atom stereocenters. The second-order valence-electron chi connectivity index (χ2n) is 4.22. The Hall–Kier alpha value is -2.39. The van der Waals surface area contributed by atoms with Gasteiger partial charge in [-0.1, -0.05) is 24.6 Å². The SMILES string of the molecule is CCCCCC(=O)N/N=C(/C)Cn1nnc([N+](=O)[O-])n1. The molecule has 110 valence electrons. The Balaban J connectivity index is 2.40. The average molecular weight is 283 g/mol. The summed E-state index contributed by atoms with van der Waals surface area (Å²) in [6.45, 7) is 3.84. The average Bonchev–Trinajstić information content (AvgIpc) is 2.85. The Bertz CT molecular complexity index is 497. The number of hydrazone groups is 1. The lowest BCUT2D eigenvalue weighted by Crippen LogP contribution is -2.20. The van der Waals surface area contributed by atoms with Crippen LogP contribution in [0.1, 0.15) is 39.5 Å². The molecule has 10 heteroatoms. The Morgan fingerprint density at radius 3 is 2.85 bits per heavy atom. The van der Waals surface area contributed by atoms with Crippen molar-refractivity contribution < 1.29 is 9.72 Å². The van der Waals surface area contributed by atoms with Crippen LogP contribution in [0.25, 0.3) is 0 Å². The number of nitrogens with one attached hydrogen (secondary N) is 1. The van der Waals surface area contributed by atoms with Gasteiger partial charge in [-0.25, -0.2) is 5.43 Å². The zero-order valence-corrected chi connectivity index (χ0v) is 11.4. The molecule has 10 nitrogen and oxygen atoms in total. The fourth-order valence-electron chi connectivity index (χ4n) is 1.36. The summed E-state index contributed by atoms with van der Waals surface area (Å²) in [5, 5.41) is 24.6. The maximum atomic E-state index is 11.4. The molecule has 0 saturated heterocycles. The summed E-state index contributed by atoms with van der Waals surface area (Å²) in [4.78, 5) is 22.1. The number of tetrazole rings is 1. The van der Waals surface area contributed by atoms with Crippen molar-refractivity contribution >= 4 is 17.6 Å². The molecule has 0 bridgehead atoms. The van der Waals surface area contributed by atoms with Crippen LogP contribution in [0.5, 0.6) is 0 Å². The lowest BCUT2D eigenvalue weighted by molar-refractivity contribution is -0.394. The van der Waals surface area contributed by atoms with Crippen LogP contribution in [-0.4, -0.2) is 36.7 Å². The molecular weight excluding hydrogens is 266 g/mol. The first kappa shape index (κ1) is 15.7. The molecule has 1 aromatic rings. The summed E-state index contributed by atoms with van der Waals surface area (Å²) in [6.07, 6.45) is 3.31. The second kappa shape index (κ2) is 7.92. The van der Waals surface area contributed by atoms with Gasteiger partial charge < -0.3 is 10.1 Å². The highest BCUT2D eigenvalue weighted by Gasteiger charge is 2.15. The first-order chi connectivity index (χ1) is 9.52. The highest BCUT2D eigenvalue weighted by molar-refractivity contribution is 5.84. The zero-order chi connectivity index (χ0) is 15.0. The van der Waals surface area contributed by atoms with E-state index in [0.717, 1.165) is 24.1 Å². The minimum absolute atomic E-state index is 0.121. The number of hydrogen-bond acceptors (Lipinski definition) is 7. The third-order valence-electron chi connectivity index (χ3n) is 2.35. The predicted molar refractivity (Wildman–Crippen MR) is 69.9 cm³/mol. The van der Waals surface area contributed by atoms with Crippen LogP contribution in [0.4, 0.5) is 5.95 Å². The van der Waals surface area contributed by atoms with E-state index in [1.165, 1.54) is 0 Å². The molecule has 0 spiro atoms. The van der Waals surface area contributed by atoms with Crippen molar-refractivity contribution in [2.24, 2.45) is 5.10 Å². The number of carbonyl (C=O) groups excluding carboxylic acids is 1. The van der Waals surface area contributed by atoms with Crippen LogP contribution >= 0.6 is 0 Å². The molecule has 20 heavy (non-hydrogen) atoms. The predicted octanol–water partition coefficient (Wildman–Crippen LogP) is 0.654. The fourth-order valence-corrected chi connectivity index (χ4v) is 1.36. The van der Waals surface area contributed by atoms with Gasteiger partial charge >= 0.3 is 5.95 Å². The Morgan fingerprint density at radius 1 is 1.50 bits per heavy atom. The quantitative estimate of drug-likeness (QED) is 0.323. The monoisotopic (exact) mass is 283 g/mol. The molecular formula is C10H17N7O3. The molecule has 1 heterocycles. The van der Waals surface area contributed by atoms with E-state index in [0.29, 0.717) is 12.1 Å². The van der Waals surface area contributed by atoms with Gasteiger partial charge in [0.2, 0.25) is 5.91 Å². The first-order valence-electron chi connectivity index (χ1n) is 6.27. The van der Waals surface area contributed by atoms with E-state index in [2.05, 4.69) is 32.9 Å². The van der Waals surface area contributed by atoms with Crippen molar-refractivity contribution in [3.05, 3.63) is 10.1 Å². The third-order valence-corrected chi connectivity index (χ3v) is 2.35. The highest BCUT2D eigenvalue weighted by Crippen LogP contribution is 1.99. The van der Waals surface area contributed by atoms with E-state index in [-0.39, 0.29) is 12.5 Å². The summed E-state index contributed by atoms with van der Waals surface area (Å²) in [5.41, 5.74) is 2.93. The minimum Gasteiger partial charge on any atom is -0.390 e. The normalized spacial score (nSPS) is 11.4. The maximum absolute atomic E-state index is 11.4. The molecule has 0 fully saturated rings. The van der Waals surface area contributed by atoms with Gasteiger partial charge in [-0.2, -0.15) is 5.10 Å². The van der Waals surface area contributed by atoms with Crippen LogP contribution in [0, 0.1) is 10.1 Å². The second-order valence-corrected chi connectivity index (χ2v) is 4.22. The van der Waals surface area contributed by atoms with Crippen LogP contribution in [0.15, 0.2) is 5.10 Å². The van der Waals surface area contributed by atoms with Gasteiger partial charge in [-0.3, -0.25) is 4.79 Å². The smallest absolute Gasteiger partial charge is 0.390 e. The molecule has 0 radical (unpaired) electrons. The van der Waals surface area contributed by atoms with Gasteiger partial charge in [0, 0.05) is 11.6 Å². The van der Waals surface area contributed by atoms with E-state index in [1.807, 2.05) is 0 Å². The maximum Gasteiger partial charge on any atom is 0.514 e. The van der Waals surface area contributed by atoms with Crippen LogP contribution in [0.2, 0.25) is 0 Å². The van der Waals surface area contributed by atoms with Crippen molar-refractivity contribution in [1.29, 1.82) is 0 Å². The van der Waals surface area contributed by atoms with Crippen molar-refractivity contribution in [2.45, 2.75) is 46.1 Å². The summed E-state index contributed by atoms with van der Waals surface area (Å²) in [5.74, 6) is -0.725. The van der Waals surface area contributed by atoms with Crippen molar-refractivity contribution in [2.75, 3.05) is 0 Å². The van der Waals surface area contributed by atoms with Gasteiger partial charge in [0.25, 0.3) is 0 Å². The van der Waals surface area contributed by atoms with Crippen molar-refractivity contribution in [3.63, 3.8) is 0 Å². The molecule has 0 aliphatic rings. The highest BCUT2D eigenvalue weighted by atomic mass is 16.6. The van der Waals surface area contributed by atoms with Gasteiger partial charge in [-0.15, -0.1) is 0 Å². The number of carbonyl (C=O) groups is 1. The van der Waals surface area contributed by atoms with Gasteiger partial charge in [0.1, 0.15) is 6.54 Å². The molecule has 0 aliphatic heterocycles. The van der Waals surface area contributed by atoms with Gasteiger partial charge in [-0.05, 0) is 18.3 Å². The number of aromatic nitrogens is 4. The summed E-state index contributed by atoms with van der Waals surface area (Å²) >= 11 is 0. The Labute approximate surface area is 115 Å². The first-order valence-corrected chi connectivity index (χ1v) is 6.27. The number of amides is 1. The summed E-state index contributed by atoms with van der Waals surface area (Å²) < 4.78 is 0.